The Hall–Kier alpha value is -2.10. The summed E-state index contributed by atoms with van der Waals surface area (Å²) >= 11 is 0. The Morgan fingerprint density at radius 3 is 2.82 bits per heavy atom. The van der Waals surface area contributed by atoms with Crippen molar-refractivity contribution in [3.8, 4) is 0 Å². The van der Waals surface area contributed by atoms with Gasteiger partial charge >= 0.3 is 0 Å². The number of aryl methyl sites for hydroxylation is 1. The van der Waals surface area contributed by atoms with Crippen molar-refractivity contribution >= 4 is 11.6 Å². The molecular weight excluding hydrogens is 276 g/mol. The summed E-state index contributed by atoms with van der Waals surface area (Å²) in [7, 11) is 0. The summed E-state index contributed by atoms with van der Waals surface area (Å²) in [6.45, 7) is 2.10. The quantitative estimate of drug-likeness (QED) is 0.905. The first-order chi connectivity index (χ1) is 10.8. The van der Waals surface area contributed by atoms with E-state index in [9.17, 15) is 4.79 Å². The van der Waals surface area contributed by atoms with Gasteiger partial charge in [-0.25, -0.2) is 0 Å². The fourth-order valence-corrected chi connectivity index (χ4v) is 3.12. The summed E-state index contributed by atoms with van der Waals surface area (Å²) < 4.78 is 5.49. The molecule has 22 heavy (non-hydrogen) atoms. The van der Waals surface area contributed by atoms with Crippen molar-refractivity contribution < 1.29 is 9.32 Å². The summed E-state index contributed by atoms with van der Waals surface area (Å²) in [5.41, 5.74) is 3.09. The Labute approximate surface area is 130 Å². The van der Waals surface area contributed by atoms with Crippen LogP contribution in [0.4, 0.5) is 5.69 Å². The van der Waals surface area contributed by atoms with Gasteiger partial charge in [-0.3, -0.25) is 4.79 Å². The summed E-state index contributed by atoms with van der Waals surface area (Å²) in [6, 6.07) is 9.57. The predicted molar refractivity (Wildman–Crippen MR) is 85.9 cm³/mol. The number of fused-ring (bicyclic) bond motifs is 1. The summed E-state index contributed by atoms with van der Waals surface area (Å²) in [4.78, 5) is 12.3. The number of amides is 1. The van der Waals surface area contributed by atoms with E-state index in [-0.39, 0.29) is 11.8 Å². The first kappa shape index (κ1) is 14.8. The number of para-hydroxylation sites is 1. The summed E-state index contributed by atoms with van der Waals surface area (Å²) in [5.74, 6) is 1.20. The molecular formula is C18H22N2O2. The van der Waals surface area contributed by atoms with Gasteiger partial charge in [0.25, 0.3) is 0 Å². The maximum absolute atomic E-state index is 12.3. The molecule has 0 aliphatic heterocycles. The lowest BCUT2D eigenvalue weighted by Crippen LogP contribution is -2.16. The highest BCUT2D eigenvalue weighted by Gasteiger charge is 2.26. The molecule has 1 aliphatic carbocycles. The third-order valence-corrected chi connectivity index (χ3v) is 4.35. The number of anilines is 1. The monoisotopic (exact) mass is 298 g/mol. The van der Waals surface area contributed by atoms with Crippen LogP contribution in [0, 0.1) is 0 Å². The van der Waals surface area contributed by atoms with Crippen LogP contribution in [-0.2, 0) is 17.6 Å². The maximum Gasteiger partial charge on any atom is 0.225 e. The van der Waals surface area contributed by atoms with E-state index in [1.165, 1.54) is 18.4 Å². The molecule has 0 spiro atoms. The fraction of sp³-hybridized carbons (Fsp3) is 0.444. The Morgan fingerprint density at radius 2 is 2.05 bits per heavy atom. The van der Waals surface area contributed by atoms with E-state index in [4.69, 9.17) is 4.52 Å². The molecule has 0 radical (unpaired) electrons. The molecule has 1 aliphatic rings. The molecule has 0 saturated heterocycles. The third-order valence-electron chi connectivity index (χ3n) is 4.35. The minimum absolute atomic E-state index is 0.0330. The van der Waals surface area contributed by atoms with Crippen molar-refractivity contribution in [2.75, 3.05) is 5.32 Å². The number of carbonyl (C=O) groups excluding carboxylic acids is 1. The van der Waals surface area contributed by atoms with Crippen LogP contribution in [0.3, 0.4) is 0 Å². The molecule has 0 bridgehead atoms. The highest BCUT2D eigenvalue weighted by molar-refractivity contribution is 5.91. The number of hydrogen-bond donors (Lipinski definition) is 1. The number of benzene rings is 1. The lowest BCUT2D eigenvalue weighted by atomic mass is 9.89. The highest BCUT2D eigenvalue weighted by atomic mass is 16.5. The molecule has 1 aromatic heterocycles. The average Bonchev–Trinajstić information content (AvgIpc) is 2.97. The van der Waals surface area contributed by atoms with Gasteiger partial charge in [-0.05, 0) is 37.8 Å². The Balaban J connectivity index is 1.69. The normalized spacial score (nSPS) is 15.1. The minimum atomic E-state index is 0.0330. The van der Waals surface area contributed by atoms with Gasteiger partial charge in [-0.2, -0.15) is 0 Å². The molecule has 116 valence electrons. The van der Waals surface area contributed by atoms with Gasteiger partial charge in [0.2, 0.25) is 5.91 Å². The van der Waals surface area contributed by atoms with Gasteiger partial charge in [0.15, 0.2) is 0 Å². The molecule has 1 amide bonds. The maximum atomic E-state index is 12.3. The number of rotatable bonds is 5. The van der Waals surface area contributed by atoms with Crippen LogP contribution >= 0.6 is 0 Å². The van der Waals surface area contributed by atoms with E-state index in [0.29, 0.717) is 6.42 Å². The Kier molecular flexibility index (Phi) is 4.56. The summed E-state index contributed by atoms with van der Waals surface area (Å²) in [5, 5.41) is 7.23. The van der Waals surface area contributed by atoms with Gasteiger partial charge < -0.3 is 9.84 Å². The zero-order valence-corrected chi connectivity index (χ0v) is 13.0. The van der Waals surface area contributed by atoms with E-state index in [2.05, 4.69) is 17.4 Å². The molecule has 4 heteroatoms. The van der Waals surface area contributed by atoms with Crippen LogP contribution in [-0.4, -0.2) is 11.1 Å². The number of nitrogens with one attached hydrogen (secondary N) is 1. The zero-order chi connectivity index (χ0) is 15.4. The van der Waals surface area contributed by atoms with Crippen molar-refractivity contribution in [1.82, 2.24) is 5.16 Å². The highest BCUT2D eigenvalue weighted by Crippen LogP contribution is 2.32. The molecule has 1 aromatic carbocycles. The van der Waals surface area contributed by atoms with Crippen molar-refractivity contribution in [1.29, 1.82) is 0 Å². The number of hydrogen-bond acceptors (Lipinski definition) is 3. The Morgan fingerprint density at radius 1 is 1.27 bits per heavy atom. The SMILES string of the molecule is CC[C@@H](CC(=O)Nc1ccccc1)c1noc2c1CCCC2. The van der Waals surface area contributed by atoms with Crippen LogP contribution < -0.4 is 5.32 Å². The number of aromatic nitrogens is 1. The predicted octanol–water partition coefficient (Wildman–Crippen LogP) is 4.08. The van der Waals surface area contributed by atoms with Crippen LogP contribution in [0.2, 0.25) is 0 Å². The van der Waals surface area contributed by atoms with Gasteiger partial charge in [-0.15, -0.1) is 0 Å². The van der Waals surface area contributed by atoms with Crippen molar-refractivity contribution in [2.24, 2.45) is 0 Å². The second kappa shape index (κ2) is 6.77. The van der Waals surface area contributed by atoms with Crippen molar-refractivity contribution in [2.45, 2.75) is 51.4 Å². The van der Waals surface area contributed by atoms with E-state index in [1.807, 2.05) is 30.3 Å². The number of carbonyl (C=O) groups is 1. The molecule has 2 aromatic rings. The standard InChI is InChI=1S/C18H22N2O2/c1-2-13(12-17(21)19-14-8-4-3-5-9-14)18-15-10-6-7-11-16(15)22-20-18/h3-5,8-9,13H,2,6-7,10-12H2,1H3,(H,19,21)/t13-/m0/s1. The second-order valence-electron chi connectivity index (χ2n) is 5.90. The average molecular weight is 298 g/mol. The van der Waals surface area contributed by atoms with E-state index < -0.39 is 0 Å². The molecule has 4 nitrogen and oxygen atoms in total. The lowest BCUT2D eigenvalue weighted by molar-refractivity contribution is -0.116. The smallest absolute Gasteiger partial charge is 0.225 e. The first-order valence-corrected chi connectivity index (χ1v) is 8.10. The Bertz CT molecular complexity index is 634. The van der Waals surface area contributed by atoms with Gasteiger partial charge in [0, 0.05) is 30.0 Å². The minimum Gasteiger partial charge on any atom is -0.361 e. The topological polar surface area (TPSA) is 55.1 Å². The van der Waals surface area contributed by atoms with Crippen molar-refractivity contribution in [3.63, 3.8) is 0 Å². The zero-order valence-electron chi connectivity index (χ0n) is 13.0. The largest absolute Gasteiger partial charge is 0.361 e. The van der Waals surface area contributed by atoms with Crippen LogP contribution in [0.1, 0.15) is 55.5 Å². The summed E-state index contributed by atoms with van der Waals surface area (Å²) in [6.07, 6.45) is 5.71. The van der Waals surface area contributed by atoms with Crippen LogP contribution in [0.5, 0.6) is 0 Å². The molecule has 0 unspecified atom stereocenters. The second-order valence-corrected chi connectivity index (χ2v) is 5.90. The van der Waals surface area contributed by atoms with Crippen LogP contribution in [0.15, 0.2) is 34.9 Å². The third kappa shape index (κ3) is 3.21. The van der Waals surface area contributed by atoms with Crippen molar-refractivity contribution in [3.05, 3.63) is 47.3 Å². The van der Waals surface area contributed by atoms with Gasteiger partial charge in [0.05, 0.1) is 5.69 Å². The first-order valence-electron chi connectivity index (χ1n) is 8.10. The molecule has 0 fully saturated rings. The molecule has 1 N–H and O–H groups in total. The van der Waals surface area contributed by atoms with E-state index in [0.717, 1.165) is 36.4 Å². The fourth-order valence-electron chi connectivity index (χ4n) is 3.12. The molecule has 0 saturated carbocycles. The number of nitrogens with zero attached hydrogens (tertiary/aromatic N) is 1. The van der Waals surface area contributed by atoms with Crippen LogP contribution in [0.25, 0.3) is 0 Å². The molecule has 1 atom stereocenters. The lowest BCUT2D eigenvalue weighted by Gasteiger charge is -2.15. The van der Waals surface area contributed by atoms with Gasteiger partial charge in [-0.1, -0.05) is 30.3 Å². The van der Waals surface area contributed by atoms with E-state index in [1.54, 1.807) is 0 Å². The molecule has 3 rings (SSSR count). The van der Waals surface area contributed by atoms with E-state index >= 15 is 0 Å². The van der Waals surface area contributed by atoms with Gasteiger partial charge in [0.1, 0.15) is 5.76 Å². The molecule has 1 heterocycles.